The maximum absolute atomic E-state index is 14.3. The zero-order valence-corrected chi connectivity index (χ0v) is 28.6. The van der Waals surface area contributed by atoms with Crippen molar-refractivity contribution in [3.8, 4) is 17.2 Å². The van der Waals surface area contributed by atoms with Crippen molar-refractivity contribution < 1.29 is 28.1 Å². The van der Waals surface area contributed by atoms with Gasteiger partial charge in [0.2, 0.25) is 0 Å². The minimum absolute atomic E-state index is 0.00357. The number of carbonyl (C=O) groups is 1. The van der Waals surface area contributed by atoms with Gasteiger partial charge >= 0.3 is 5.97 Å². The van der Waals surface area contributed by atoms with Gasteiger partial charge in [-0.15, -0.1) is 0 Å². The van der Waals surface area contributed by atoms with Crippen molar-refractivity contribution in [1.29, 1.82) is 0 Å². The third kappa shape index (κ3) is 6.56. The van der Waals surface area contributed by atoms with Crippen molar-refractivity contribution in [2.75, 3.05) is 20.8 Å². The Bertz CT molecular complexity index is 2210. The number of fused-ring (bicyclic) bond motifs is 1. The summed E-state index contributed by atoms with van der Waals surface area (Å²) >= 11 is 4.76. The fourth-order valence-corrected chi connectivity index (χ4v) is 7.02. The summed E-state index contributed by atoms with van der Waals surface area (Å²) in [5.74, 6) is 0.425. The van der Waals surface area contributed by atoms with E-state index in [2.05, 4.69) is 15.9 Å². The molecular formula is C37H30BrFN2O6S. The topological polar surface area (TPSA) is 88.4 Å². The van der Waals surface area contributed by atoms with Crippen LogP contribution in [0.4, 0.5) is 4.39 Å². The molecule has 1 atom stereocenters. The van der Waals surface area contributed by atoms with Crippen LogP contribution in [0.15, 0.2) is 111 Å². The monoisotopic (exact) mass is 728 g/mol. The number of nitrogens with zero attached hydrogens (tertiary/aromatic N) is 2. The third-order valence-electron chi connectivity index (χ3n) is 7.66. The molecule has 0 fully saturated rings. The Labute approximate surface area is 288 Å². The van der Waals surface area contributed by atoms with Crippen LogP contribution in [0.2, 0.25) is 0 Å². The number of halogens is 2. The first-order valence-electron chi connectivity index (χ1n) is 15.0. The fourth-order valence-electron chi connectivity index (χ4n) is 5.45. The molecule has 5 aromatic rings. The molecule has 1 aromatic heterocycles. The van der Waals surface area contributed by atoms with Gasteiger partial charge in [-0.25, -0.2) is 14.2 Å². The Balaban J connectivity index is 1.51. The molecule has 0 saturated carbocycles. The van der Waals surface area contributed by atoms with Crippen LogP contribution in [0.25, 0.3) is 11.8 Å². The first-order chi connectivity index (χ1) is 23.3. The number of ether oxygens (including phenoxy) is 4. The van der Waals surface area contributed by atoms with E-state index in [1.165, 1.54) is 29.1 Å². The van der Waals surface area contributed by atoms with Gasteiger partial charge in [-0.2, -0.15) is 0 Å². The van der Waals surface area contributed by atoms with Crippen LogP contribution in [0.3, 0.4) is 0 Å². The summed E-state index contributed by atoms with van der Waals surface area (Å²) in [6, 6.07) is 25.7. The highest BCUT2D eigenvalue weighted by Gasteiger charge is 2.35. The molecule has 2 heterocycles. The fraction of sp³-hybridized carbons (Fsp3) is 0.162. The van der Waals surface area contributed by atoms with E-state index in [-0.39, 0.29) is 30.2 Å². The summed E-state index contributed by atoms with van der Waals surface area (Å²) < 4.78 is 39.3. The van der Waals surface area contributed by atoms with E-state index in [1.807, 2.05) is 42.5 Å². The third-order valence-corrected chi connectivity index (χ3v) is 9.23. The van der Waals surface area contributed by atoms with Gasteiger partial charge in [0.25, 0.3) is 5.56 Å². The van der Waals surface area contributed by atoms with Crippen molar-refractivity contribution in [3.05, 3.63) is 149 Å². The normalized spacial score (nSPS) is 14.3. The first kappa shape index (κ1) is 32.9. The van der Waals surface area contributed by atoms with E-state index in [0.717, 1.165) is 0 Å². The molecule has 0 N–H and O–H groups in total. The second-order valence-corrected chi connectivity index (χ2v) is 12.5. The van der Waals surface area contributed by atoms with E-state index >= 15 is 0 Å². The van der Waals surface area contributed by atoms with Gasteiger partial charge in [0, 0.05) is 11.1 Å². The van der Waals surface area contributed by atoms with Crippen molar-refractivity contribution in [3.63, 3.8) is 0 Å². The Morgan fingerprint density at radius 2 is 1.77 bits per heavy atom. The lowest BCUT2D eigenvalue weighted by Crippen LogP contribution is -2.40. The number of benzene rings is 4. The Morgan fingerprint density at radius 3 is 2.50 bits per heavy atom. The van der Waals surface area contributed by atoms with Gasteiger partial charge in [0.05, 0.1) is 47.1 Å². The van der Waals surface area contributed by atoms with E-state index in [0.29, 0.717) is 59.0 Å². The smallest absolute Gasteiger partial charge is 0.338 e. The Morgan fingerprint density at radius 1 is 1.00 bits per heavy atom. The van der Waals surface area contributed by atoms with Crippen molar-refractivity contribution in [2.24, 2.45) is 4.99 Å². The molecule has 8 nitrogen and oxygen atoms in total. The lowest BCUT2D eigenvalue weighted by molar-refractivity contribution is -0.138. The Kier molecular flexibility index (Phi) is 9.88. The number of methoxy groups -OCH3 is 2. The first-order valence-corrected chi connectivity index (χ1v) is 16.6. The van der Waals surface area contributed by atoms with Crippen molar-refractivity contribution >= 4 is 45.0 Å². The van der Waals surface area contributed by atoms with Crippen LogP contribution in [0, 0.1) is 5.82 Å². The molecule has 0 bridgehead atoms. The molecule has 6 rings (SSSR count). The minimum atomic E-state index is -0.844. The average Bonchev–Trinajstić information content (AvgIpc) is 3.41. The zero-order chi connectivity index (χ0) is 33.8. The Hall–Kier alpha value is -5.00. The molecule has 0 spiro atoms. The van der Waals surface area contributed by atoms with Crippen LogP contribution < -0.4 is 29.1 Å². The van der Waals surface area contributed by atoms with Gasteiger partial charge in [-0.1, -0.05) is 72.0 Å². The van der Waals surface area contributed by atoms with Gasteiger partial charge in [-0.3, -0.25) is 9.36 Å². The number of thiazole rings is 1. The predicted molar refractivity (Wildman–Crippen MR) is 185 cm³/mol. The van der Waals surface area contributed by atoms with Crippen LogP contribution in [-0.2, 0) is 16.1 Å². The van der Waals surface area contributed by atoms with E-state index < -0.39 is 12.0 Å². The molecule has 0 saturated heterocycles. The molecule has 0 amide bonds. The highest BCUT2D eigenvalue weighted by Crippen LogP contribution is 2.38. The second-order valence-electron chi connectivity index (χ2n) is 10.6. The summed E-state index contributed by atoms with van der Waals surface area (Å²) in [6.07, 6.45) is 1.73. The predicted octanol–water partition coefficient (Wildman–Crippen LogP) is 6.43. The number of esters is 1. The quantitative estimate of drug-likeness (QED) is 0.154. The highest BCUT2D eigenvalue weighted by atomic mass is 79.9. The van der Waals surface area contributed by atoms with E-state index in [1.54, 1.807) is 62.6 Å². The van der Waals surface area contributed by atoms with E-state index in [4.69, 9.17) is 23.9 Å². The molecule has 4 aromatic carbocycles. The lowest BCUT2D eigenvalue weighted by atomic mass is 9.93. The van der Waals surface area contributed by atoms with Gasteiger partial charge in [0.15, 0.2) is 16.3 Å². The number of hydrogen-bond acceptors (Lipinski definition) is 8. The zero-order valence-electron chi connectivity index (χ0n) is 26.2. The maximum atomic E-state index is 14.3. The van der Waals surface area contributed by atoms with Gasteiger partial charge in [0.1, 0.15) is 18.2 Å². The largest absolute Gasteiger partial charge is 0.497 e. The highest BCUT2D eigenvalue weighted by molar-refractivity contribution is 9.10. The van der Waals surface area contributed by atoms with Crippen molar-refractivity contribution in [2.45, 2.75) is 19.6 Å². The van der Waals surface area contributed by atoms with Gasteiger partial charge in [-0.05, 0) is 70.4 Å². The minimum Gasteiger partial charge on any atom is -0.497 e. The molecule has 1 aliphatic rings. The number of carbonyl (C=O) groups excluding carboxylic acids is 1. The molecule has 0 aliphatic carbocycles. The van der Waals surface area contributed by atoms with Gasteiger partial charge < -0.3 is 18.9 Å². The molecular weight excluding hydrogens is 699 g/mol. The molecule has 1 aliphatic heterocycles. The van der Waals surface area contributed by atoms with Crippen LogP contribution >= 0.6 is 27.3 Å². The average molecular weight is 730 g/mol. The van der Waals surface area contributed by atoms with Crippen LogP contribution in [0.5, 0.6) is 17.2 Å². The number of aromatic nitrogens is 1. The summed E-state index contributed by atoms with van der Waals surface area (Å²) in [7, 11) is 3.07. The molecule has 0 radical (unpaired) electrons. The summed E-state index contributed by atoms with van der Waals surface area (Å²) in [5.41, 5.74) is 2.76. The standard InChI is InChI=1S/C37H30BrFN2O6S/c1-4-46-36(43)31-32(23-11-6-5-7-12-23)40-37-41(33(31)24-14-10-15-26(20-24)44-2)35(42)30(48-37)19-22-17-27(38)34(29(18-22)45-3)47-21-25-13-8-9-16-28(25)39/h5-20,33H,4,21H2,1-3H3/b30-19-/t33-/m1/s1. The number of rotatable bonds is 10. The van der Waals surface area contributed by atoms with E-state index in [9.17, 15) is 14.0 Å². The lowest BCUT2D eigenvalue weighted by Gasteiger charge is -2.26. The number of hydrogen-bond donors (Lipinski definition) is 0. The maximum Gasteiger partial charge on any atom is 0.338 e. The summed E-state index contributed by atoms with van der Waals surface area (Å²) in [5, 5.41) is 0. The van der Waals surface area contributed by atoms with Crippen LogP contribution in [0.1, 0.15) is 35.2 Å². The van der Waals surface area contributed by atoms with Crippen LogP contribution in [-0.4, -0.2) is 31.4 Å². The summed E-state index contributed by atoms with van der Waals surface area (Å²) in [4.78, 5) is 33.3. The molecule has 244 valence electrons. The molecule has 48 heavy (non-hydrogen) atoms. The van der Waals surface area contributed by atoms with Crippen molar-refractivity contribution in [1.82, 2.24) is 4.57 Å². The summed E-state index contributed by atoms with van der Waals surface area (Å²) in [6.45, 7) is 1.88. The molecule has 11 heteroatoms. The SMILES string of the molecule is CCOC(=O)C1=C(c2ccccc2)N=c2s/c(=C\c3cc(Br)c(OCc4ccccc4F)c(OC)c3)c(=O)n2[C@@H]1c1cccc(OC)c1. The second kappa shape index (κ2) is 14.4. The molecule has 0 unspecified atom stereocenters.